The maximum absolute atomic E-state index is 12.8. The highest BCUT2D eigenvalue weighted by Gasteiger charge is 2.22. The van der Waals surface area contributed by atoms with E-state index in [0.717, 1.165) is 23.5 Å². The fourth-order valence-corrected chi connectivity index (χ4v) is 2.47. The molecule has 21 heavy (non-hydrogen) atoms. The van der Waals surface area contributed by atoms with E-state index in [9.17, 15) is 4.79 Å². The van der Waals surface area contributed by atoms with E-state index in [-0.39, 0.29) is 5.91 Å². The first-order chi connectivity index (χ1) is 10.3. The molecule has 0 fully saturated rings. The number of benzene rings is 2. The summed E-state index contributed by atoms with van der Waals surface area (Å²) in [4.78, 5) is 14.6. The molecular weight excluding hydrogens is 264 g/mol. The molecular formula is C17H18N2O2. The van der Waals surface area contributed by atoms with Crippen molar-refractivity contribution in [2.24, 2.45) is 0 Å². The smallest absolute Gasteiger partial charge is 0.258 e. The van der Waals surface area contributed by atoms with Gasteiger partial charge in [0.05, 0.1) is 12.3 Å². The van der Waals surface area contributed by atoms with Crippen LogP contribution in [0.1, 0.15) is 16.8 Å². The third-order valence-corrected chi connectivity index (χ3v) is 3.61. The van der Waals surface area contributed by atoms with E-state index >= 15 is 0 Å². The van der Waals surface area contributed by atoms with Gasteiger partial charge in [0.15, 0.2) is 0 Å². The highest BCUT2D eigenvalue weighted by atomic mass is 16.5. The molecule has 4 heteroatoms. The van der Waals surface area contributed by atoms with E-state index in [0.29, 0.717) is 18.7 Å². The van der Waals surface area contributed by atoms with Crippen molar-refractivity contribution in [3.8, 4) is 5.75 Å². The second-order valence-corrected chi connectivity index (χ2v) is 4.95. The standard InChI is InChI=1S/C17H18N2O2/c1-18-14-9-7-13(8-10-14)17(20)19-11-4-12-21-16-6-3-2-5-15(16)19/h2-3,5-10,18H,4,11-12H2,1H3. The van der Waals surface area contributed by atoms with Gasteiger partial charge >= 0.3 is 0 Å². The monoisotopic (exact) mass is 282 g/mol. The zero-order valence-corrected chi connectivity index (χ0v) is 12.0. The fraction of sp³-hybridized carbons (Fsp3) is 0.235. The normalized spacial score (nSPS) is 13.9. The summed E-state index contributed by atoms with van der Waals surface area (Å²) in [7, 11) is 1.86. The van der Waals surface area contributed by atoms with Crippen LogP contribution in [0, 0.1) is 0 Å². The average Bonchev–Trinajstić information content (AvgIpc) is 2.77. The molecule has 0 spiro atoms. The zero-order chi connectivity index (χ0) is 14.7. The molecule has 0 aromatic heterocycles. The Morgan fingerprint density at radius 1 is 1.14 bits per heavy atom. The maximum atomic E-state index is 12.8. The molecule has 0 unspecified atom stereocenters. The number of carbonyl (C=O) groups is 1. The summed E-state index contributed by atoms with van der Waals surface area (Å²) in [5.74, 6) is 0.783. The molecule has 4 nitrogen and oxygen atoms in total. The molecule has 0 atom stereocenters. The number of carbonyl (C=O) groups excluding carboxylic acids is 1. The summed E-state index contributed by atoms with van der Waals surface area (Å²) in [6.45, 7) is 1.31. The van der Waals surface area contributed by atoms with Crippen LogP contribution in [0.2, 0.25) is 0 Å². The summed E-state index contributed by atoms with van der Waals surface area (Å²) in [6, 6.07) is 15.2. The van der Waals surface area contributed by atoms with Crippen molar-refractivity contribution in [3.63, 3.8) is 0 Å². The lowest BCUT2D eigenvalue weighted by atomic mass is 10.1. The highest BCUT2D eigenvalue weighted by Crippen LogP contribution is 2.31. The molecule has 1 aliphatic heterocycles. The minimum atomic E-state index is 0.00982. The van der Waals surface area contributed by atoms with Gasteiger partial charge in [-0.25, -0.2) is 0 Å². The number of hydrogen-bond acceptors (Lipinski definition) is 3. The molecule has 1 N–H and O–H groups in total. The van der Waals surface area contributed by atoms with Gasteiger partial charge in [0.1, 0.15) is 5.75 Å². The summed E-state index contributed by atoms with van der Waals surface area (Å²) in [5, 5.41) is 3.05. The van der Waals surface area contributed by atoms with Crippen LogP contribution in [0.25, 0.3) is 0 Å². The Labute approximate surface area is 124 Å². The summed E-state index contributed by atoms with van der Waals surface area (Å²) in [6.07, 6.45) is 0.828. The molecule has 0 radical (unpaired) electrons. The third kappa shape index (κ3) is 2.70. The van der Waals surface area contributed by atoms with Crippen LogP contribution in [0.5, 0.6) is 5.75 Å². The summed E-state index contributed by atoms with van der Waals surface area (Å²) >= 11 is 0. The van der Waals surface area contributed by atoms with E-state index in [1.165, 1.54) is 0 Å². The topological polar surface area (TPSA) is 41.6 Å². The van der Waals surface area contributed by atoms with E-state index in [4.69, 9.17) is 4.74 Å². The zero-order valence-electron chi connectivity index (χ0n) is 12.0. The lowest BCUT2D eigenvalue weighted by molar-refractivity contribution is 0.0987. The van der Waals surface area contributed by atoms with Gasteiger partial charge in [-0.1, -0.05) is 12.1 Å². The van der Waals surface area contributed by atoms with Crippen molar-refractivity contribution in [3.05, 3.63) is 54.1 Å². The first-order valence-electron chi connectivity index (χ1n) is 7.11. The van der Waals surface area contributed by atoms with Crippen LogP contribution in [-0.2, 0) is 0 Å². The largest absolute Gasteiger partial charge is 0.491 e. The van der Waals surface area contributed by atoms with Gasteiger partial charge in [0.2, 0.25) is 0 Å². The molecule has 1 aliphatic rings. The molecule has 108 valence electrons. The van der Waals surface area contributed by atoms with Crippen LogP contribution < -0.4 is 15.0 Å². The van der Waals surface area contributed by atoms with Crippen LogP contribution in [-0.4, -0.2) is 26.1 Å². The van der Waals surface area contributed by atoms with Gasteiger partial charge in [0.25, 0.3) is 5.91 Å². The molecule has 0 aliphatic carbocycles. The number of anilines is 2. The lowest BCUT2D eigenvalue weighted by Gasteiger charge is -2.21. The Kier molecular flexibility index (Phi) is 3.77. The van der Waals surface area contributed by atoms with Crippen LogP contribution >= 0.6 is 0 Å². The van der Waals surface area contributed by atoms with E-state index < -0.39 is 0 Å². The van der Waals surface area contributed by atoms with Gasteiger partial charge in [-0.15, -0.1) is 0 Å². The molecule has 0 saturated heterocycles. The minimum Gasteiger partial charge on any atom is -0.491 e. The van der Waals surface area contributed by atoms with Crippen molar-refractivity contribution in [2.45, 2.75) is 6.42 Å². The van der Waals surface area contributed by atoms with Crippen LogP contribution in [0.15, 0.2) is 48.5 Å². The molecule has 2 aromatic carbocycles. The van der Waals surface area contributed by atoms with Gasteiger partial charge in [0, 0.05) is 24.8 Å². The molecule has 3 rings (SSSR count). The Morgan fingerprint density at radius 3 is 2.67 bits per heavy atom. The Morgan fingerprint density at radius 2 is 1.90 bits per heavy atom. The number of ether oxygens (including phenoxy) is 1. The molecule has 2 aromatic rings. The van der Waals surface area contributed by atoms with Gasteiger partial charge < -0.3 is 15.0 Å². The summed E-state index contributed by atoms with van der Waals surface area (Å²) in [5.41, 5.74) is 2.52. The lowest BCUT2D eigenvalue weighted by Crippen LogP contribution is -2.31. The molecule has 1 heterocycles. The SMILES string of the molecule is CNc1ccc(C(=O)N2CCCOc3ccccc32)cc1. The van der Waals surface area contributed by atoms with E-state index in [1.54, 1.807) is 4.90 Å². The average molecular weight is 282 g/mol. The second-order valence-electron chi connectivity index (χ2n) is 4.95. The van der Waals surface area contributed by atoms with Crippen molar-refractivity contribution in [1.82, 2.24) is 0 Å². The maximum Gasteiger partial charge on any atom is 0.258 e. The third-order valence-electron chi connectivity index (χ3n) is 3.61. The van der Waals surface area contributed by atoms with Crippen molar-refractivity contribution < 1.29 is 9.53 Å². The Balaban J connectivity index is 1.93. The predicted molar refractivity (Wildman–Crippen MR) is 84.2 cm³/mol. The van der Waals surface area contributed by atoms with E-state index in [1.807, 2.05) is 55.6 Å². The van der Waals surface area contributed by atoms with Crippen LogP contribution in [0.4, 0.5) is 11.4 Å². The molecule has 1 amide bonds. The molecule has 0 bridgehead atoms. The Hall–Kier alpha value is -2.49. The second kappa shape index (κ2) is 5.87. The van der Waals surface area contributed by atoms with Gasteiger partial charge in [-0.3, -0.25) is 4.79 Å². The minimum absolute atomic E-state index is 0.00982. The first kappa shape index (κ1) is 13.5. The van der Waals surface area contributed by atoms with Crippen molar-refractivity contribution in [1.29, 1.82) is 0 Å². The van der Waals surface area contributed by atoms with Crippen LogP contribution in [0.3, 0.4) is 0 Å². The number of rotatable bonds is 2. The van der Waals surface area contributed by atoms with Crippen molar-refractivity contribution >= 4 is 17.3 Å². The van der Waals surface area contributed by atoms with Gasteiger partial charge in [-0.05, 0) is 42.8 Å². The fourth-order valence-electron chi connectivity index (χ4n) is 2.47. The van der Waals surface area contributed by atoms with Gasteiger partial charge in [-0.2, -0.15) is 0 Å². The quantitative estimate of drug-likeness (QED) is 0.920. The summed E-state index contributed by atoms with van der Waals surface area (Å²) < 4.78 is 5.70. The first-order valence-corrected chi connectivity index (χ1v) is 7.11. The number of hydrogen-bond donors (Lipinski definition) is 1. The van der Waals surface area contributed by atoms with Crippen molar-refractivity contribution in [2.75, 3.05) is 30.4 Å². The Bertz CT molecular complexity index is 637. The number of nitrogens with one attached hydrogen (secondary N) is 1. The van der Waals surface area contributed by atoms with E-state index in [2.05, 4.69) is 5.32 Å². The number of nitrogens with zero attached hydrogens (tertiary/aromatic N) is 1. The number of amides is 1. The predicted octanol–water partition coefficient (Wildman–Crippen LogP) is 3.16. The number of para-hydroxylation sites is 2. The highest BCUT2D eigenvalue weighted by molar-refractivity contribution is 6.07. The molecule has 0 saturated carbocycles. The number of fused-ring (bicyclic) bond motifs is 1.